The summed E-state index contributed by atoms with van der Waals surface area (Å²) in [6.07, 6.45) is 5.05. The van der Waals surface area contributed by atoms with Crippen LogP contribution in [0.15, 0.2) is 28.6 Å². The van der Waals surface area contributed by atoms with Gasteiger partial charge in [0, 0.05) is 0 Å². The second-order valence-corrected chi connectivity index (χ2v) is 5.47. The molecule has 3 nitrogen and oxygen atoms in total. The Morgan fingerprint density at radius 2 is 2.35 bits per heavy atom. The van der Waals surface area contributed by atoms with Crippen LogP contribution in [0.2, 0.25) is 0 Å². The zero-order chi connectivity index (χ0) is 12.1. The van der Waals surface area contributed by atoms with E-state index in [-0.39, 0.29) is 12.5 Å². The van der Waals surface area contributed by atoms with Gasteiger partial charge < -0.3 is 5.32 Å². The molecule has 17 heavy (non-hydrogen) atoms. The third kappa shape index (κ3) is 3.22. The lowest BCUT2D eigenvalue weighted by Gasteiger charge is -1.98. The van der Waals surface area contributed by atoms with Crippen LogP contribution in [0.3, 0.4) is 0 Å². The molecule has 0 aliphatic carbocycles. The van der Waals surface area contributed by atoms with E-state index in [1.165, 1.54) is 11.8 Å². The lowest BCUT2D eigenvalue weighted by molar-refractivity contribution is -0.118. The first-order chi connectivity index (χ1) is 8.29. The van der Waals surface area contributed by atoms with Crippen LogP contribution in [-0.4, -0.2) is 23.2 Å². The molecule has 1 amide bonds. The maximum atomic E-state index is 11.3. The second kappa shape index (κ2) is 5.71. The minimum absolute atomic E-state index is 0.0628. The van der Waals surface area contributed by atoms with Gasteiger partial charge in [-0.25, -0.2) is 4.98 Å². The number of carbonyl (C=O) groups is 1. The van der Waals surface area contributed by atoms with E-state index in [0.29, 0.717) is 5.75 Å². The molecule has 0 radical (unpaired) electrons. The first-order valence-electron chi connectivity index (χ1n) is 4.98. The van der Waals surface area contributed by atoms with Crippen molar-refractivity contribution in [2.75, 3.05) is 12.3 Å². The number of fused-ring (bicyclic) bond motifs is 1. The number of nitrogens with zero attached hydrogens (tertiary/aromatic N) is 1. The maximum Gasteiger partial charge on any atom is 0.231 e. The number of thiazole rings is 1. The topological polar surface area (TPSA) is 42.0 Å². The molecule has 0 fully saturated rings. The Balaban J connectivity index is 1.95. The van der Waals surface area contributed by atoms with Crippen LogP contribution < -0.4 is 5.32 Å². The number of hydrogen-bond acceptors (Lipinski definition) is 4. The van der Waals surface area contributed by atoms with Crippen LogP contribution in [0.4, 0.5) is 0 Å². The molecule has 1 heterocycles. The average Bonchev–Trinajstić information content (AvgIpc) is 2.76. The number of carbonyl (C=O) groups excluding carboxylic acids is 1. The highest BCUT2D eigenvalue weighted by atomic mass is 32.2. The summed E-state index contributed by atoms with van der Waals surface area (Å²) in [7, 11) is 0. The van der Waals surface area contributed by atoms with Crippen molar-refractivity contribution in [2.45, 2.75) is 4.34 Å². The molecular weight excluding hydrogens is 252 g/mol. The summed E-state index contributed by atoms with van der Waals surface area (Å²) in [6, 6.07) is 7.93. The van der Waals surface area contributed by atoms with Crippen molar-refractivity contribution in [2.24, 2.45) is 0 Å². The first kappa shape index (κ1) is 12.0. The highest BCUT2D eigenvalue weighted by Gasteiger charge is 2.06. The van der Waals surface area contributed by atoms with Gasteiger partial charge in [-0.3, -0.25) is 4.79 Å². The van der Waals surface area contributed by atoms with E-state index < -0.39 is 0 Å². The zero-order valence-electron chi connectivity index (χ0n) is 8.97. The smallest absolute Gasteiger partial charge is 0.231 e. The Kier molecular flexibility index (Phi) is 4.02. The van der Waals surface area contributed by atoms with Crippen molar-refractivity contribution in [3.05, 3.63) is 24.3 Å². The van der Waals surface area contributed by atoms with Crippen LogP contribution in [0, 0.1) is 12.3 Å². The normalized spacial score (nSPS) is 10.1. The predicted molar refractivity (Wildman–Crippen MR) is 72.2 cm³/mol. The molecule has 1 aromatic heterocycles. The molecule has 86 valence electrons. The van der Waals surface area contributed by atoms with Crippen molar-refractivity contribution < 1.29 is 4.79 Å². The van der Waals surface area contributed by atoms with E-state index in [2.05, 4.69) is 16.2 Å². The third-order valence-electron chi connectivity index (χ3n) is 1.99. The molecule has 1 N–H and O–H groups in total. The van der Waals surface area contributed by atoms with Crippen molar-refractivity contribution >= 4 is 39.2 Å². The molecule has 0 saturated carbocycles. The van der Waals surface area contributed by atoms with E-state index in [1.54, 1.807) is 11.3 Å². The van der Waals surface area contributed by atoms with E-state index in [1.807, 2.05) is 24.3 Å². The quantitative estimate of drug-likeness (QED) is 0.678. The fraction of sp³-hybridized carbons (Fsp3) is 0.167. The summed E-state index contributed by atoms with van der Waals surface area (Å²) in [4.78, 5) is 15.8. The molecule has 2 aromatic rings. The van der Waals surface area contributed by atoms with E-state index >= 15 is 0 Å². The van der Waals surface area contributed by atoms with Gasteiger partial charge in [0.15, 0.2) is 4.34 Å². The lowest BCUT2D eigenvalue weighted by atomic mass is 10.3. The monoisotopic (exact) mass is 262 g/mol. The molecule has 2 rings (SSSR count). The summed E-state index contributed by atoms with van der Waals surface area (Å²) in [5.74, 6) is 2.65. The number of nitrogens with one attached hydrogen (secondary N) is 1. The Bertz CT molecular complexity index is 538. The van der Waals surface area contributed by atoms with Gasteiger partial charge in [0.1, 0.15) is 0 Å². The molecule has 0 saturated heterocycles. The number of amides is 1. The molecule has 0 atom stereocenters. The van der Waals surface area contributed by atoms with E-state index in [4.69, 9.17) is 6.42 Å². The molecule has 0 bridgehead atoms. The SMILES string of the molecule is C#CCNC(=O)CSc1nc2ccccc2s1. The van der Waals surface area contributed by atoms with Crippen LogP contribution >= 0.6 is 23.1 Å². The van der Waals surface area contributed by atoms with Crippen molar-refractivity contribution in [3.63, 3.8) is 0 Å². The highest BCUT2D eigenvalue weighted by Crippen LogP contribution is 2.28. The zero-order valence-corrected chi connectivity index (χ0v) is 10.6. The lowest BCUT2D eigenvalue weighted by Crippen LogP contribution is -2.25. The first-order valence-corrected chi connectivity index (χ1v) is 6.78. The molecule has 1 aromatic carbocycles. The average molecular weight is 262 g/mol. The van der Waals surface area contributed by atoms with Gasteiger partial charge in [-0.15, -0.1) is 17.8 Å². The summed E-state index contributed by atoms with van der Waals surface area (Å²) in [5, 5.41) is 2.62. The molecule has 5 heteroatoms. The van der Waals surface area contributed by atoms with Gasteiger partial charge in [-0.05, 0) is 12.1 Å². The van der Waals surface area contributed by atoms with Crippen LogP contribution in [0.5, 0.6) is 0 Å². The fourth-order valence-electron chi connectivity index (χ4n) is 1.24. The molecule has 0 aliphatic heterocycles. The number of aromatic nitrogens is 1. The summed E-state index contributed by atoms with van der Waals surface area (Å²) >= 11 is 3.03. The number of hydrogen-bond donors (Lipinski definition) is 1. The Hall–Kier alpha value is -1.51. The number of benzene rings is 1. The largest absolute Gasteiger partial charge is 0.344 e. The molecule has 0 aliphatic rings. The van der Waals surface area contributed by atoms with Crippen LogP contribution in [-0.2, 0) is 4.79 Å². The van der Waals surface area contributed by atoms with Crippen LogP contribution in [0.25, 0.3) is 10.2 Å². The Morgan fingerprint density at radius 1 is 1.53 bits per heavy atom. The summed E-state index contributed by atoms with van der Waals surface area (Å²) < 4.78 is 2.04. The highest BCUT2D eigenvalue weighted by molar-refractivity contribution is 8.01. The minimum Gasteiger partial charge on any atom is -0.344 e. The van der Waals surface area contributed by atoms with Gasteiger partial charge in [0.25, 0.3) is 0 Å². The van der Waals surface area contributed by atoms with Gasteiger partial charge in [-0.2, -0.15) is 0 Å². The van der Waals surface area contributed by atoms with Gasteiger partial charge in [0.05, 0.1) is 22.5 Å². The number of para-hydroxylation sites is 1. The fourth-order valence-corrected chi connectivity index (χ4v) is 3.14. The van der Waals surface area contributed by atoms with Gasteiger partial charge in [0.2, 0.25) is 5.91 Å². The maximum absolute atomic E-state index is 11.3. The third-order valence-corrected chi connectivity index (χ3v) is 4.17. The molecular formula is C12H10N2OS2. The summed E-state index contributed by atoms with van der Waals surface area (Å²) in [5.41, 5.74) is 0.976. The Morgan fingerprint density at radius 3 is 3.12 bits per heavy atom. The molecule has 0 spiro atoms. The van der Waals surface area contributed by atoms with Gasteiger partial charge >= 0.3 is 0 Å². The van der Waals surface area contributed by atoms with Crippen molar-refractivity contribution in [1.29, 1.82) is 0 Å². The number of rotatable bonds is 4. The second-order valence-electron chi connectivity index (χ2n) is 3.22. The van der Waals surface area contributed by atoms with Crippen molar-refractivity contribution in [1.82, 2.24) is 10.3 Å². The standard InChI is InChI=1S/C12H10N2OS2/c1-2-7-13-11(15)8-16-12-14-9-5-3-4-6-10(9)17-12/h1,3-6H,7-8H2,(H,13,15). The minimum atomic E-state index is -0.0628. The molecule has 0 unspecified atom stereocenters. The van der Waals surface area contributed by atoms with E-state index in [9.17, 15) is 4.79 Å². The van der Waals surface area contributed by atoms with Crippen LogP contribution in [0.1, 0.15) is 0 Å². The van der Waals surface area contributed by atoms with E-state index in [0.717, 1.165) is 14.6 Å². The number of terminal acetylenes is 1. The summed E-state index contributed by atoms with van der Waals surface area (Å²) in [6.45, 7) is 0.277. The van der Waals surface area contributed by atoms with Gasteiger partial charge in [-0.1, -0.05) is 29.8 Å². The van der Waals surface area contributed by atoms with Crippen molar-refractivity contribution in [3.8, 4) is 12.3 Å². The predicted octanol–water partition coefficient (Wildman–Crippen LogP) is 2.14. The number of thioether (sulfide) groups is 1. The Labute approximate surface area is 108 Å².